The van der Waals surface area contributed by atoms with Gasteiger partial charge in [0, 0.05) is 42.9 Å². The van der Waals surface area contributed by atoms with Crippen molar-refractivity contribution >= 4 is 34.6 Å². The number of anilines is 1. The molecular formula is C32H36ClN5O4. The molecule has 10 heteroatoms. The van der Waals surface area contributed by atoms with Crippen molar-refractivity contribution in [1.82, 2.24) is 14.8 Å². The van der Waals surface area contributed by atoms with Crippen LogP contribution in [0.25, 0.3) is 0 Å². The fraction of sp³-hybridized carbons (Fsp3) is 0.406. The molecule has 1 amide bonds. The number of aryl methyl sites for hydroxylation is 2. The number of pyridine rings is 1. The minimum Gasteiger partial charge on any atom is -0.491 e. The molecule has 0 spiro atoms. The van der Waals surface area contributed by atoms with Gasteiger partial charge in [-0.15, -0.1) is 0 Å². The quantitative estimate of drug-likeness (QED) is 0.363. The Balaban J connectivity index is 1.17. The van der Waals surface area contributed by atoms with Gasteiger partial charge in [0.05, 0.1) is 27.7 Å². The molecule has 3 aliphatic heterocycles. The minimum atomic E-state index is -0.809. The Labute approximate surface area is 250 Å². The Bertz CT molecular complexity index is 1630. The van der Waals surface area contributed by atoms with Crippen molar-refractivity contribution in [3.05, 3.63) is 85.3 Å². The van der Waals surface area contributed by atoms with Crippen molar-refractivity contribution in [2.45, 2.75) is 51.8 Å². The zero-order chi connectivity index (χ0) is 29.5. The maximum absolute atomic E-state index is 13.4. The first-order valence-corrected chi connectivity index (χ1v) is 14.8. The summed E-state index contributed by atoms with van der Waals surface area (Å²) in [5.74, 6) is 0.751. The van der Waals surface area contributed by atoms with Gasteiger partial charge in [-0.05, 0) is 76.2 Å². The lowest BCUT2D eigenvalue weighted by atomic mass is 10.00. The number of aliphatic imine (C=N–C) groups is 1. The van der Waals surface area contributed by atoms with Gasteiger partial charge < -0.3 is 29.9 Å². The molecule has 1 atom stereocenters. The number of nitrogens with one attached hydrogen (secondary N) is 2. The van der Waals surface area contributed by atoms with Gasteiger partial charge in [0.1, 0.15) is 18.5 Å². The Kier molecular flexibility index (Phi) is 7.83. The average molecular weight is 590 g/mol. The van der Waals surface area contributed by atoms with E-state index in [1.807, 2.05) is 43.0 Å². The van der Waals surface area contributed by atoms with E-state index in [-0.39, 0.29) is 30.7 Å². The number of nitrogens with zero attached hydrogens (tertiary/aromatic N) is 3. The molecule has 9 nitrogen and oxygen atoms in total. The molecule has 0 radical (unpaired) electrons. The average Bonchev–Trinajstić information content (AvgIpc) is 3.53. The molecule has 1 aromatic heterocycles. The number of amides is 1. The number of aliphatic hydroxyl groups excluding tert-OH is 1. The van der Waals surface area contributed by atoms with E-state index in [1.165, 1.54) is 0 Å². The number of rotatable bonds is 8. The van der Waals surface area contributed by atoms with Crippen molar-refractivity contribution in [1.29, 1.82) is 0 Å². The standard InChI is InChI=1S/C32H36ClN5O4/c1-18-4-5-27(19(2)12-18)42-17-22(39)15-35-25-6-9-34-31(40)28(25)26-14-20-13-23-24(29(33)30(20)36-26)16-38(32(23)41)21-7-10-37(3)11-8-21/h4-6,9,12-13,21-22,39H,7-8,10-11,14-17H2,1-3H3,(H2,34,35,40)/t22-/m1/s1. The number of aliphatic hydroxyl groups is 1. The molecule has 0 unspecified atom stereocenters. The molecule has 220 valence electrons. The fourth-order valence-corrected chi connectivity index (χ4v) is 6.50. The largest absolute Gasteiger partial charge is 0.491 e. The second kappa shape index (κ2) is 11.6. The number of fused-ring (bicyclic) bond motifs is 2. The number of ether oxygens (including phenoxy) is 1. The highest BCUT2D eigenvalue weighted by molar-refractivity contribution is 6.35. The Morgan fingerprint density at radius 1 is 1.19 bits per heavy atom. The molecule has 0 saturated carbocycles. The SMILES string of the molecule is Cc1ccc(OC[C@H](O)CNc2cc[nH]c(=O)c2C2=Nc3c(cc4c(c3Cl)CN(C3CCN(C)CC3)C4=O)C2)c(C)c1. The van der Waals surface area contributed by atoms with Crippen molar-refractivity contribution < 1.29 is 14.6 Å². The molecule has 3 N–H and O–H groups in total. The van der Waals surface area contributed by atoms with Crippen molar-refractivity contribution in [2.75, 3.05) is 38.6 Å². The summed E-state index contributed by atoms with van der Waals surface area (Å²) in [6, 6.07) is 9.77. The molecule has 4 heterocycles. The molecule has 2 aromatic carbocycles. The number of halogens is 1. The number of hydrogen-bond donors (Lipinski definition) is 3. The maximum Gasteiger partial charge on any atom is 0.259 e. The van der Waals surface area contributed by atoms with E-state index in [9.17, 15) is 14.7 Å². The number of likely N-dealkylation sites (tertiary alicyclic amines) is 1. The van der Waals surface area contributed by atoms with E-state index in [1.54, 1.807) is 12.3 Å². The number of aromatic amines is 1. The highest BCUT2D eigenvalue weighted by Gasteiger charge is 2.38. The van der Waals surface area contributed by atoms with Gasteiger partial charge >= 0.3 is 0 Å². The van der Waals surface area contributed by atoms with Gasteiger partial charge in [0.15, 0.2) is 0 Å². The van der Waals surface area contributed by atoms with Crippen LogP contribution in [-0.4, -0.2) is 76.9 Å². The number of aromatic nitrogens is 1. The Morgan fingerprint density at radius 2 is 1.98 bits per heavy atom. The van der Waals surface area contributed by atoms with Gasteiger partial charge in [-0.3, -0.25) is 14.6 Å². The summed E-state index contributed by atoms with van der Waals surface area (Å²) in [5.41, 5.74) is 6.30. The first-order chi connectivity index (χ1) is 20.2. The molecule has 3 aromatic rings. The fourth-order valence-electron chi connectivity index (χ4n) is 6.18. The summed E-state index contributed by atoms with van der Waals surface area (Å²) >= 11 is 6.89. The van der Waals surface area contributed by atoms with E-state index in [2.05, 4.69) is 22.2 Å². The van der Waals surface area contributed by atoms with Crippen LogP contribution in [0, 0.1) is 13.8 Å². The van der Waals surface area contributed by atoms with Crippen LogP contribution in [0.5, 0.6) is 5.75 Å². The third kappa shape index (κ3) is 5.44. The first-order valence-electron chi connectivity index (χ1n) is 14.4. The van der Waals surface area contributed by atoms with Crippen molar-refractivity contribution in [2.24, 2.45) is 4.99 Å². The number of carbonyl (C=O) groups excluding carboxylic acids is 1. The second-order valence-corrected chi connectivity index (χ2v) is 12.0. The van der Waals surface area contributed by atoms with E-state index in [0.717, 1.165) is 53.9 Å². The molecule has 0 aliphatic carbocycles. The summed E-state index contributed by atoms with van der Waals surface area (Å²) < 4.78 is 5.82. The molecule has 1 fully saturated rings. The summed E-state index contributed by atoms with van der Waals surface area (Å²) in [5, 5.41) is 14.3. The lowest BCUT2D eigenvalue weighted by molar-refractivity contribution is 0.0617. The zero-order valence-corrected chi connectivity index (χ0v) is 24.9. The van der Waals surface area contributed by atoms with Crippen LogP contribution in [0.2, 0.25) is 5.02 Å². The molecule has 6 rings (SSSR count). The van der Waals surface area contributed by atoms with Crippen molar-refractivity contribution in [3.8, 4) is 5.75 Å². The van der Waals surface area contributed by atoms with Gasteiger partial charge in [-0.1, -0.05) is 29.3 Å². The number of carbonyl (C=O) groups is 1. The van der Waals surface area contributed by atoms with E-state index >= 15 is 0 Å². The van der Waals surface area contributed by atoms with E-state index < -0.39 is 6.10 Å². The van der Waals surface area contributed by atoms with E-state index in [0.29, 0.717) is 46.2 Å². The molecule has 1 saturated heterocycles. The summed E-state index contributed by atoms with van der Waals surface area (Å²) in [7, 11) is 2.11. The highest BCUT2D eigenvalue weighted by Crippen LogP contribution is 2.43. The lowest BCUT2D eigenvalue weighted by Gasteiger charge is -2.34. The van der Waals surface area contributed by atoms with Crippen LogP contribution >= 0.6 is 11.6 Å². The summed E-state index contributed by atoms with van der Waals surface area (Å²) in [6.07, 6.45) is 3.04. The first kappa shape index (κ1) is 28.5. The summed E-state index contributed by atoms with van der Waals surface area (Å²) in [6.45, 7) is 6.71. The number of hydrogen-bond acceptors (Lipinski definition) is 7. The van der Waals surface area contributed by atoms with Crippen LogP contribution in [0.3, 0.4) is 0 Å². The third-order valence-electron chi connectivity index (χ3n) is 8.51. The van der Waals surface area contributed by atoms with Gasteiger partial charge in [0.2, 0.25) is 0 Å². The van der Waals surface area contributed by atoms with Crippen LogP contribution in [-0.2, 0) is 13.0 Å². The van der Waals surface area contributed by atoms with Crippen LogP contribution < -0.4 is 15.6 Å². The monoisotopic (exact) mass is 589 g/mol. The molecule has 3 aliphatic rings. The number of H-pyrrole nitrogens is 1. The van der Waals surface area contributed by atoms with Gasteiger partial charge in [-0.25, -0.2) is 0 Å². The normalized spacial score (nSPS) is 17.7. The smallest absolute Gasteiger partial charge is 0.259 e. The molecular weight excluding hydrogens is 554 g/mol. The maximum atomic E-state index is 13.4. The third-order valence-corrected chi connectivity index (χ3v) is 8.92. The van der Waals surface area contributed by atoms with Crippen LogP contribution in [0.15, 0.2) is 46.3 Å². The zero-order valence-electron chi connectivity index (χ0n) is 24.2. The second-order valence-electron chi connectivity index (χ2n) is 11.6. The van der Waals surface area contributed by atoms with Crippen LogP contribution in [0.1, 0.15) is 51.0 Å². The van der Waals surface area contributed by atoms with Gasteiger partial charge in [0.25, 0.3) is 11.5 Å². The highest BCUT2D eigenvalue weighted by atomic mass is 35.5. The van der Waals surface area contributed by atoms with E-state index in [4.69, 9.17) is 21.3 Å². The Morgan fingerprint density at radius 3 is 2.74 bits per heavy atom. The minimum absolute atomic E-state index is 0.0228. The Hall–Kier alpha value is -3.66. The molecule has 42 heavy (non-hydrogen) atoms. The number of benzene rings is 2. The predicted molar refractivity (Wildman–Crippen MR) is 165 cm³/mol. The topological polar surface area (TPSA) is 110 Å². The van der Waals surface area contributed by atoms with Crippen molar-refractivity contribution in [3.63, 3.8) is 0 Å². The number of piperidine rings is 1. The van der Waals surface area contributed by atoms with Gasteiger partial charge in [-0.2, -0.15) is 0 Å². The molecule has 0 bridgehead atoms. The van der Waals surface area contributed by atoms with Crippen LogP contribution in [0.4, 0.5) is 11.4 Å². The lowest BCUT2D eigenvalue weighted by Crippen LogP contribution is -2.43. The predicted octanol–water partition coefficient (Wildman–Crippen LogP) is 4.22. The summed E-state index contributed by atoms with van der Waals surface area (Å²) in [4.78, 5) is 38.3.